The van der Waals surface area contributed by atoms with Gasteiger partial charge >= 0.3 is 0 Å². The lowest BCUT2D eigenvalue weighted by molar-refractivity contribution is -0.127. The van der Waals surface area contributed by atoms with Gasteiger partial charge in [-0.05, 0) is 12.0 Å². The van der Waals surface area contributed by atoms with Gasteiger partial charge in [-0.15, -0.1) is 0 Å². The number of hydrogen-bond donors (Lipinski definition) is 1. The number of imide groups is 1. The van der Waals surface area contributed by atoms with E-state index in [-0.39, 0.29) is 17.7 Å². The number of nitrogens with one attached hydrogen (secondary N) is 1. The molecule has 1 aliphatic heterocycles. The van der Waals surface area contributed by atoms with E-state index in [0.717, 1.165) is 5.56 Å². The van der Waals surface area contributed by atoms with E-state index < -0.39 is 5.41 Å². The fourth-order valence-corrected chi connectivity index (χ4v) is 2.33. The molecule has 2 amide bonds. The van der Waals surface area contributed by atoms with Gasteiger partial charge in [0.2, 0.25) is 11.8 Å². The minimum atomic E-state index is -0.516. The van der Waals surface area contributed by atoms with Gasteiger partial charge in [-0.3, -0.25) is 14.9 Å². The number of carbonyl (C=O) groups is 2. The molecule has 1 saturated heterocycles. The van der Waals surface area contributed by atoms with E-state index in [1.54, 1.807) is 0 Å². The normalized spacial score (nSPS) is 33.9. The van der Waals surface area contributed by atoms with E-state index in [4.69, 9.17) is 0 Å². The summed E-state index contributed by atoms with van der Waals surface area (Å²) < 4.78 is 0. The lowest BCUT2D eigenvalue weighted by Gasteiger charge is -2.08. The lowest BCUT2D eigenvalue weighted by atomic mass is 9.94. The molecule has 0 aromatic heterocycles. The lowest BCUT2D eigenvalue weighted by Crippen LogP contribution is -2.30. The van der Waals surface area contributed by atoms with E-state index in [2.05, 4.69) is 5.32 Å². The molecule has 0 bridgehead atoms. The molecule has 2 atom stereocenters. The summed E-state index contributed by atoms with van der Waals surface area (Å²) in [5.41, 5.74) is 0.451. The highest BCUT2D eigenvalue weighted by Crippen LogP contribution is 2.57. The zero-order chi connectivity index (χ0) is 9.76. The molecule has 1 unspecified atom stereocenters. The van der Waals surface area contributed by atoms with Crippen LogP contribution in [0, 0.1) is 5.92 Å². The molecule has 1 aliphatic carbocycles. The van der Waals surface area contributed by atoms with Crippen molar-refractivity contribution in [1.29, 1.82) is 0 Å². The minimum absolute atomic E-state index is 0.112. The molecule has 2 aliphatic rings. The molecular weight excluding hydrogens is 178 g/mol. The number of hydrogen-bond acceptors (Lipinski definition) is 2. The van der Waals surface area contributed by atoms with Crippen LogP contribution in [0.5, 0.6) is 0 Å². The molecule has 2 fully saturated rings. The zero-order valence-electron chi connectivity index (χ0n) is 7.49. The Bertz CT molecular complexity index is 426. The van der Waals surface area contributed by atoms with Crippen molar-refractivity contribution in [3.05, 3.63) is 35.9 Å². The number of carbonyl (C=O) groups excluding carboxylic acids is 2. The van der Waals surface area contributed by atoms with E-state index in [9.17, 15) is 9.59 Å². The molecule has 14 heavy (non-hydrogen) atoms. The molecule has 1 saturated carbocycles. The van der Waals surface area contributed by atoms with Gasteiger partial charge < -0.3 is 0 Å². The quantitative estimate of drug-likeness (QED) is 0.654. The van der Waals surface area contributed by atoms with Gasteiger partial charge in [-0.25, -0.2) is 0 Å². The summed E-state index contributed by atoms with van der Waals surface area (Å²) >= 11 is 0. The number of rotatable bonds is 1. The van der Waals surface area contributed by atoms with Gasteiger partial charge in [0.25, 0.3) is 0 Å². The van der Waals surface area contributed by atoms with E-state index in [1.165, 1.54) is 0 Å². The van der Waals surface area contributed by atoms with Crippen molar-refractivity contribution in [3.63, 3.8) is 0 Å². The minimum Gasteiger partial charge on any atom is -0.295 e. The second kappa shape index (κ2) is 2.23. The fourth-order valence-electron chi connectivity index (χ4n) is 2.33. The highest BCUT2D eigenvalue weighted by molar-refractivity contribution is 6.15. The highest BCUT2D eigenvalue weighted by Gasteiger charge is 2.69. The van der Waals surface area contributed by atoms with Crippen LogP contribution in [-0.2, 0) is 15.0 Å². The van der Waals surface area contributed by atoms with Crippen LogP contribution in [0.2, 0.25) is 0 Å². The summed E-state index contributed by atoms with van der Waals surface area (Å²) in [6, 6.07) is 9.54. The van der Waals surface area contributed by atoms with E-state index in [1.807, 2.05) is 30.3 Å². The summed E-state index contributed by atoms with van der Waals surface area (Å²) in [4.78, 5) is 22.9. The second-order valence-corrected chi connectivity index (χ2v) is 3.91. The Hall–Kier alpha value is -1.64. The fraction of sp³-hybridized carbons (Fsp3) is 0.273. The number of benzene rings is 1. The molecule has 3 rings (SSSR count). The second-order valence-electron chi connectivity index (χ2n) is 3.91. The summed E-state index contributed by atoms with van der Waals surface area (Å²) in [5, 5.41) is 2.38. The Kier molecular flexibility index (Phi) is 1.23. The molecule has 1 aromatic rings. The molecule has 0 spiro atoms. The third kappa shape index (κ3) is 0.726. The molecule has 3 heteroatoms. The Morgan fingerprint density at radius 1 is 1.21 bits per heavy atom. The van der Waals surface area contributed by atoms with E-state index >= 15 is 0 Å². The Labute approximate surface area is 81.1 Å². The van der Waals surface area contributed by atoms with Gasteiger partial charge in [-0.1, -0.05) is 30.3 Å². The predicted octanol–water partition coefficient (Wildman–Crippen LogP) is 0.601. The summed E-state index contributed by atoms with van der Waals surface area (Å²) in [7, 11) is 0. The average molecular weight is 187 g/mol. The molecular formula is C11H9NO2. The van der Waals surface area contributed by atoms with Crippen LogP contribution >= 0.6 is 0 Å². The molecule has 70 valence electrons. The van der Waals surface area contributed by atoms with Gasteiger partial charge in [0.1, 0.15) is 0 Å². The first-order valence-corrected chi connectivity index (χ1v) is 4.66. The average Bonchev–Trinajstić information content (AvgIpc) is 2.90. The third-order valence-corrected chi connectivity index (χ3v) is 3.21. The van der Waals surface area contributed by atoms with Crippen molar-refractivity contribution in [3.8, 4) is 0 Å². The highest BCUT2D eigenvalue weighted by atomic mass is 16.2. The van der Waals surface area contributed by atoms with Crippen molar-refractivity contribution in [2.75, 3.05) is 0 Å². The maximum absolute atomic E-state index is 11.6. The summed E-state index contributed by atoms with van der Waals surface area (Å²) in [6.07, 6.45) is 0.682. The smallest absolute Gasteiger partial charge is 0.238 e. The number of piperidine rings is 1. The summed E-state index contributed by atoms with van der Waals surface area (Å²) in [6.45, 7) is 0. The van der Waals surface area contributed by atoms with E-state index in [0.29, 0.717) is 6.42 Å². The van der Waals surface area contributed by atoms with Crippen LogP contribution in [0.1, 0.15) is 12.0 Å². The van der Waals surface area contributed by atoms with Crippen molar-refractivity contribution < 1.29 is 9.59 Å². The van der Waals surface area contributed by atoms with Gasteiger partial charge in [0, 0.05) is 0 Å². The maximum Gasteiger partial charge on any atom is 0.238 e. The van der Waals surface area contributed by atoms with Crippen molar-refractivity contribution in [1.82, 2.24) is 5.32 Å². The molecule has 1 N–H and O–H groups in total. The van der Waals surface area contributed by atoms with Crippen LogP contribution in [0.15, 0.2) is 30.3 Å². The standard InChI is InChI=1S/C11H9NO2/c13-9-8-6-11(8,10(14)12-9)7-4-2-1-3-5-7/h1-5,8H,6H2,(H,12,13,14)/t8?,11-/m0/s1. The Morgan fingerprint density at radius 2 is 1.93 bits per heavy atom. The first-order valence-electron chi connectivity index (χ1n) is 4.66. The number of amides is 2. The maximum atomic E-state index is 11.6. The largest absolute Gasteiger partial charge is 0.295 e. The molecule has 1 aromatic carbocycles. The predicted molar refractivity (Wildman–Crippen MR) is 49.4 cm³/mol. The molecule has 0 radical (unpaired) electrons. The van der Waals surface area contributed by atoms with Gasteiger partial charge in [0.05, 0.1) is 11.3 Å². The monoisotopic (exact) mass is 187 g/mol. The van der Waals surface area contributed by atoms with Crippen LogP contribution < -0.4 is 5.32 Å². The van der Waals surface area contributed by atoms with Crippen molar-refractivity contribution in [2.24, 2.45) is 5.92 Å². The first kappa shape index (κ1) is 7.74. The third-order valence-electron chi connectivity index (χ3n) is 3.21. The van der Waals surface area contributed by atoms with Crippen LogP contribution in [-0.4, -0.2) is 11.8 Å². The Balaban J connectivity index is 2.09. The van der Waals surface area contributed by atoms with Crippen LogP contribution in [0.25, 0.3) is 0 Å². The zero-order valence-corrected chi connectivity index (χ0v) is 7.49. The molecule has 3 nitrogen and oxygen atoms in total. The van der Waals surface area contributed by atoms with Crippen molar-refractivity contribution >= 4 is 11.8 Å². The number of fused-ring (bicyclic) bond motifs is 1. The van der Waals surface area contributed by atoms with Gasteiger partial charge in [-0.2, -0.15) is 0 Å². The molecule has 1 heterocycles. The SMILES string of the molecule is O=C1NC(=O)[C@]2(c3ccccc3)CC12. The topological polar surface area (TPSA) is 46.2 Å². The van der Waals surface area contributed by atoms with Crippen molar-refractivity contribution in [2.45, 2.75) is 11.8 Å². The van der Waals surface area contributed by atoms with Crippen LogP contribution in [0.4, 0.5) is 0 Å². The van der Waals surface area contributed by atoms with Gasteiger partial charge in [0.15, 0.2) is 0 Å². The van der Waals surface area contributed by atoms with Crippen LogP contribution in [0.3, 0.4) is 0 Å². The first-order chi connectivity index (χ1) is 6.75. The summed E-state index contributed by atoms with van der Waals surface area (Å²) in [5.74, 6) is -0.352. The Morgan fingerprint density at radius 3 is 2.43 bits per heavy atom.